The van der Waals surface area contributed by atoms with Crippen molar-refractivity contribution in [1.29, 1.82) is 0 Å². The van der Waals surface area contributed by atoms with Gasteiger partial charge in [0.2, 0.25) is 0 Å². The molecule has 1 aromatic heterocycles. The Bertz CT molecular complexity index is 490. The SMILES string of the molecule is Cc1cc(N)c(S(=O)(=O)Cl)nc1C(F)F. The van der Waals surface area contributed by atoms with E-state index in [1.165, 1.54) is 6.92 Å². The lowest BCUT2D eigenvalue weighted by atomic mass is 10.2. The summed E-state index contributed by atoms with van der Waals surface area (Å²) in [5.74, 6) is 0. The van der Waals surface area contributed by atoms with Crippen LogP contribution in [-0.4, -0.2) is 13.4 Å². The molecule has 4 nitrogen and oxygen atoms in total. The molecule has 0 saturated carbocycles. The Morgan fingerprint density at radius 2 is 2.07 bits per heavy atom. The van der Waals surface area contributed by atoms with E-state index in [1.54, 1.807) is 0 Å². The van der Waals surface area contributed by atoms with Gasteiger partial charge in [-0.25, -0.2) is 22.2 Å². The monoisotopic (exact) mass is 256 g/mol. The van der Waals surface area contributed by atoms with Crippen LogP contribution in [0.4, 0.5) is 14.5 Å². The number of rotatable bonds is 2. The lowest BCUT2D eigenvalue weighted by molar-refractivity contribution is 0.144. The molecule has 0 aromatic carbocycles. The van der Waals surface area contributed by atoms with Gasteiger partial charge in [0.25, 0.3) is 15.5 Å². The summed E-state index contributed by atoms with van der Waals surface area (Å²) < 4.78 is 46.6. The van der Waals surface area contributed by atoms with Crippen LogP contribution >= 0.6 is 10.7 Å². The summed E-state index contributed by atoms with van der Waals surface area (Å²) >= 11 is 0. The number of hydrogen-bond acceptors (Lipinski definition) is 4. The zero-order valence-corrected chi connectivity index (χ0v) is 9.11. The number of nitrogens with zero attached hydrogens (tertiary/aromatic N) is 1. The Morgan fingerprint density at radius 1 is 1.53 bits per heavy atom. The first-order valence-electron chi connectivity index (χ1n) is 3.73. The molecule has 0 bridgehead atoms. The fourth-order valence-corrected chi connectivity index (χ4v) is 1.97. The van der Waals surface area contributed by atoms with E-state index in [-0.39, 0.29) is 11.3 Å². The summed E-state index contributed by atoms with van der Waals surface area (Å²) in [4.78, 5) is 3.25. The quantitative estimate of drug-likeness (QED) is 0.820. The zero-order valence-electron chi connectivity index (χ0n) is 7.54. The van der Waals surface area contributed by atoms with E-state index in [2.05, 4.69) is 4.98 Å². The fourth-order valence-electron chi connectivity index (χ4n) is 1.05. The first-order valence-corrected chi connectivity index (χ1v) is 6.04. The van der Waals surface area contributed by atoms with E-state index >= 15 is 0 Å². The molecule has 2 N–H and O–H groups in total. The molecule has 0 aliphatic carbocycles. The molecule has 0 aliphatic rings. The number of anilines is 1. The van der Waals surface area contributed by atoms with Gasteiger partial charge in [0.05, 0.1) is 5.69 Å². The number of aryl methyl sites for hydroxylation is 1. The van der Waals surface area contributed by atoms with Gasteiger partial charge >= 0.3 is 0 Å². The van der Waals surface area contributed by atoms with Gasteiger partial charge in [-0.15, -0.1) is 0 Å². The van der Waals surface area contributed by atoms with Crippen molar-refractivity contribution in [3.05, 3.63) is 17.3 Å². The highest BCUT2D eigenvalue weighted by atomic mass is 35.7. The third-order valence-corrected chi connectivity index (χ3v) is 2.91. The average Bonchev–Trinajstić information content (AvgIpc) is 2.00. The van der Waals surface area contributed by atoms with Crippen LogP contribution in [0.3, 0.4) is 0 Å². The molecule has 1 heterocycles. The van der Waals surface area contributed by atoms with Crippen molar-refractivity contribution in [2.24, 2.45) is 0 Å². The Labute approximate surface area is 89.5 Å². The minimum Gasteiger partial charge on any atom is -0.396 e. The predicted molar refractivity (Wildman–Crippen MR) is 51.4 cm³/mol. The molecule has 0 unspecified atom stereocenters. The fraction of sp³-hybridized carbons (Fsp3) is 0.286. The van der Waals surface area contributed by atoms with Gasteiger partial charge in [0, 0.05) is 10.7 Å². The topological polar surface area (TPSA) is 73.1 Å². The Morgan fingerprint density at radius 3 is 2.47 bits per heavy atom. The number of nitrogen functional groups attached to an aromatic ring is 1. The van der Waals surface area contributed by atoms with Crippen molar-refractivity contribution in [1.82, 2.24) is 4.98 Å². The smallest absolute Gasteiger partial charge is 0.280 e. The van der Waals surface area contributed by atoms with Gasteiger partial charge in [-0.2, -0.15) is 0 Å². The summed E-state index contributed by atoms with van der Waals surface area (Å²) in [7, 11) is 0.774. The third-order valence-electron chi connectivity index (χ3n) is 1.68. The van der Waals surface area contributed by atoms with Crippen LogP contribution < -0.4 is 5.73 Å². The maximum absolute atomic E-state index is 12.4. The standard InChI is InChI=1S/C7H7ClF2N2O2S/c1-3-2-4(11)7(15(8,13)14)12-5(3)6(9)10/h2,6H,11H2,1H3. The molecule has 0 fully saturated rings. The van der Waals surface area contributed by atoms with Crippen LogP contribution in [-0.2, 0) is 9.05 Å². The molecule has 8 heteroatoms. The van der Waals surface area contributed by atoms with E-state index in [1.807, 2.05) is 0 Å². The first kappa shape index (κ1) is 12.1. The molecular weight excluding hydrogens is 250 g/mol. The normalized spacial score (nSPS) is 12.1. The molecule has 1 rings (SSSR count). The lowest BCUT2D eigenvalue weighted by Crippen LogP contribution is -2.06. The molecule has 84 valence electrons. The molecule has 15 heavy (non-hydrogen) atoms. The number of pyridine rings is 1. The molecule has 0 spiro atoms. The largest absolute Gasteiger partial charge is 0.396 e. The van der Waals surface area contributed by atoms with E-state index in [0.29, 0.717) is 0 Å². The van der Waals surface area contributed by atoms with Crippen LogP contribution in [0, 0.1) is 6.92 Å². The molecule has 1 aromatic rings. The van der Waals surface area contributed by atoms with Gasteiger partial charge in [-0.1, -0.05) is 0 Å². The van der Waals surface area contributed by atoms with Crippen molar-refractivity contribution >= 4 is 25.4 Å². The van der Waals surface area contributed by atoms with Crippen molar-refractivity contribution in [3.63, 3.8) is 0 Å². The highest BCUT2D eigenvalue weighted by Crippen LogP contribution is 2.27. The molecule has 0 saturated heterocycles. The number of alkyl halides is 2. The molecule has 0 atom stereocenters. The highest BCUT2D eigenvalue weighted by Gasteiger charge is 2.22. The maximum atomic E-state index is 12.4. The summed E-state index contributed by atoms with van der Waals surface area (Å²) in [5, 5.41) is -0.731. The van der Waals surface area contributed by atoms with E-state index in [0.717, 1.165) is 6.07 Å². The average molecular weight is 257 g/mol. The molecule has 0 amide bonds. The number of nitrogens with two attached hydrogens (primary N) is 1. The van der Waals surface area contributed by atoms with Crippen molar-refractivity contribution in [2.45, 2.75) is 18.4 Å². The first-order chi connectivity index (χ1) is 6.73. The molecular formula is C7H7ClF2N2O2S. The predicted octanol–water partition coefficient (Wildman–Crippen LogP) is 1.84. The minimum absolute atomic E-state index is 0.117. The van der Waals surface area contributed by atoms with Crippen LogP contribution in [0.25, 0.3) is 0 Å². The number of halogens is 3. The molecule has 0 aliphatic heterocycles. The second-order valence-electron chi connectivity index (χ2n) is 2.82. The second-order valence-corrected chi connectivity index (χ2v) is 5.30. The highest BCUT2D eigenvalue weighted by molar-refractivity contribution is 8.13. The summed E-state index contributed by atoms with van der Waals surface area (Å²) in [6.45, 7) is 1.36. The third kappa shape index (κ3) is 2.54. The number of hydrogen-bond donors (Lipinski definition) is 1. The Balaban J connectivity index is 3.50. The van der Waals surface area contributed by atoms with Gasteiger partial charge in [-0.05, 0) is 18.6 Å². The van der Waals surface area contributed by atoms with E-state index in [9.17, 15) is 17.2 Å². The van der Waals surface area contributed by atoms with Crippen LogP contribution in [0.1, 0.15) is 17.7 Å². The summed E-state index contributed by atoms with van der Waals surface area (Å²) in [6, 6.07) is 1.10. The second kappa shape index (κ2) is 3.90. The van der Waals surface area contributed by atoms with Crippen molar-refractivity contribution in [2.75, 3.05) is 5.73 Å². The van der Waals surface area contributed by atoms with Gasteiger partial charge in [-0.3, -0.25) is 0 Å². The van der Waals surface area contributed by atoms with Crippen molar-refractivity contribution in [3.8, 4) is 0 Å². The Kier molecular flexibility index (Phi) is 3.15. The van der Waals surface area contributed by atoms with E-state index in [4.69, 9.17) is 16.4 Å². The summed E-state index contributed by atoms with van der Waals surface area (Å²) in [6.07, 6.45) is -2.87. The van der Waals surface area contributed by atoms with Crippen LogP contribution in [0.2, 0.25) is 0 Å². The minimum atomic E-state index is -4.20. The van der Waals surface area contributed by atoms with Crippen molar-refractivity contribution < 1.29 is 17.2 Å². The zero-order chi connectivity index (χ0) is 11.8. The van der Waals surface area contributed by atoms with Crippen LogP contribution in [0.5, 0.6) is 0 Å². The number of aromatic nitrogens is 1. The van der Waals surface area contributed by atoms with Gasteiger partial charge in [0.1, 0.15) is 5.69 Å². The Hall–Kier alpha value is -0.950. The maximum Gasteiger partial charge on any atom is 0.280 e. The molecule has 0 radical (unpaired) electrons. The summed E-state index contributed by atoms with van der Waals surface area (Å²) in [5.41, 5.74) is 4.54. The van der Waals surface area contributed by atoms with E-state index < -0.39 is 26.2 Å². The van der Waals surface area contributed by atoms with Gasteiger partial charge in [0.15, 0.2) is 5.03 Å². The van der Waals surface area contributed by atoms with Crippen LogP contribution in [0.15, 0.2) is 11.1 Å². The van der Waals surface area contributed by atoms with Gasteiger partial charge < -0.3 is 5.73 Å². The lowest BCUT2D eigenvalue weighted by Gasteiger charge is -2.07.